The van der Waals surface area contributed by atoms with Crippen molar-refractivity contribution in [3.05, 3.63) is 47.3 Å². The van der Waals surface area contributed by atoms with Crippen molar-refractivity contribution in [1.29, 1.82) is 0 Å². The van der Waals surface area contributed by atoms with Gasteiger partial charge in [0.1, 0.15) is 17.3 Å². The summed E-state index contributed by atoms with van der Waals surface area (Å²) in [4.78, 5) is 13.7. The minimum Gasteiger partial charge on any atom is -0.496 e. The molecule has 6 nitrogen and oxygen atoms in total. The first-order valence-corrected chi connectivity index (χ1v) is 8.61. The summed E-state index contributed by atoms with van der Waals surface area (Å²) in [5.41, 5.74) is 1.50. The van der Waals surface area contributed by atoms with Crippen molar-refractivity contribution in [3.63, 3.8) is 0 Å². The second kappa shape index (κ2) is 7.92. The fraction of sp³-hybridized carbons (Fsp3) is 0.375. The van der Waals surface area contributed by atoms with Gasteiger partial charge in [0, 0.05) is 36.0 Å². The molecule has 0 aliphatic heterocycles. The Kier molecular flexibility index (Phi) is 5.92. The zero-order valence-corrected chi connectivity index (χ0v) is 14.3. The molecular formula is C16H20N2O4S. The van der Waals surface area contributed by atoms with Gasteiger partial charge in [0.25, 0.3) is 0 Å². The smallest absolute Gasteiger partial charge is 0.235 e. The summed E-state index contributed by atoms with van der Waals surface area (Å²) >= 11 is 0. The predicted octanol–water partition coefficient (Wildman–Crippen LogP) is 1.90. The Labute approximate surface area is 137 Å². The molecule has 0 fully saturated rings. The Morgan fingerprint density at radius 1 is 1.39 bits per heavy atom. The number of aryl methyl sites for hydroxylation is 1. The molecule has 0 aliphatic carbocycles. The number of nitrogens with zero attached hydrogens (tertiary/aromatic N) is 2. The van der Waals surface area contributed by atoms with E-state index in [4.69, 9.17) is 9.26 Å². The van der Waals surface area contributed by atoms with Crippen LogP contribution in [-0.4, -0.2) is 40.1 Å². The van der Waals surface area contributed by atoms with Gasteiger partial charge >= 0.3 is 0 Å². The van der Waals surface area contributed by atoms with E-state index >= 15 is 0 Å². The summed E-state index contributed by atoms with van der Waals surface area (Å²) < 4.78 is 22.3. The highest BCUT2D eigenvalue weighted by molar-refractivity contribution is 7.84. The van der Waals surface area contributed by atoms with Crippen molar-refractivity contribution in [2.24, 2.45) is 0 Å². The Balaban J connectivity index is 1.90. The quantitative estimate of drug-likeness (QED) is 0.772. The lowest BCUT2D eigenvalue weighted by Crippen LogP contribution is -2.30. The van der Waals surface area contributed by atoms with Gasteiger partial charge in [-0.2, -0.15) is 0 Å². The lowest BCUT2D eigenvalue weighted by Gasteiger charge is -2.18. The number of methoxy groups -OCH3 is 1. The largest absolute Gasteiger partial charge is 0.496 e. The molecule has 1 amide bonds. The summed E-state index contributed by atoms with van der Waals surface area (Å²) in [7, 11) is 1.96. The highest BCUT2D eigenvalue weighted by Crippen LogP contribution is 2.18. The third kappa shape index (κ3) is 4.92. The van der Waals surface area contributed by atoms with Gasteiger partial charge in [-0.1, -0.05) is 23.4 Å². The molecule has 0 bridgehead atoms. The summed E-state index contributed by atoms with van der Waals surface area (Å²) in [5.74, 6) is 1.38. The Morgan fingerprint density at radius 2 is 2.13 bits per heavy atom. The molecule has 124 valence electrons. The van der Waals surface area contributed by atoms with Crippen LogP contribution >= 0.6 is 0 Å². The van der Waals surface area contributed by atoms with Gasteiger partial charge in [0.2, 0.25) is 5.91 Å². The third-order valence-electron chi connectivity index (χ3n) is 3.30. The average Bonchev–Trinajstić information content (AvgIpc) is 2.92. The van der Waals surface area contributed by atoms with Crippen LogP contribution in [0.3, 0.4) is 0 Å². The minimum absolute atomic E-state index is 0.0441. The summed E-state index contributed by atoms with van der Waals surface area (Å²) in [6.07, 6.45) is 0. The van der Waals surface area contributed by atoms with Crippen molar-refractivity contribution in [1.82, 2.24) is 10.1 Å². The monoisotopic (exact) mass is 336 g/mol. The predicted molar refractivity (Wildman–Crippen MR) is 87.4 cm³/mol. The molecule has 23 heavy (non-hydrogen) atoms. The van der Waals surface area contributed by atoms with E-state index in [0.29, 0.717) is 18.0 Å². The van der Waals surface area contributed by atoms with Crippen molar-refractivity contribution in [2.45, 2.75) is 19.2 Å². The molecule has 7 heteroatoms. The maximum absolute atomic E-state index is 12.2. The van der Waals surface area contributed by atoms with Gasteiger partial charge in [-0.25, -0.2) is 0 Å². The molecule has 2 rings (SSSR count). The zero-order valence-electron chi connectivity index (χ0n) is 13.4. The highest BCUT2D eigenvalue weighted by atomic mass is 32.2. The first-order valence-electron chi connectivity index (χ1n) is 7.12. The number of aromatic nitrogens is 1. The standard InChI is InChI=1S/C16H20N2O4S/c1-12-8-14(17-22-12)10-23(20)11-16(19)18(2)9-13-6-4-5-7-15(13)21-3/h4-8H,9-11H2,1-3H3. The first kappa shape index (κ1) is 17.2. The van der Waals surface area contributed by atoms with Crippen LogP contribution in [0, 0.1) is 6.92 Å². The van der Waals surface area contributed by atoms with Crippen LogP contribution in [-0.2, 0) is 27.9 Å². The van der Waals surface area contributed by atoms with Crippen molar-refractivity contribution in [3.8, 4) is 5.75 Å². The van der Waals surface area contributed by atoms with Crippen LogP contribution in [0.4, 0.5) is 0 Å². The molecule has 1 atom stereocenters. The molecule has 0 N–H and O–H groups in total. The summed E-state index contributed by atoms with van der Waals surface area (Å²) in [6.45, 7) is 2.18. The molecule has 0 saturated heterocycles. The molecule has 0 spiro atoms. The second-order valence-electron chi connectivity index (χ2n) is 5.22. The van der Waals surface area contributed by atoms with Gasteiger partial charge in [-0.3, -0.25) is 9.00 Å². The Hall–Kier alpha value is -2.15. The number of amides is 1. The molecule has 0 aliphatic rings. The topological polar surface area (TPSA) is 72.6 Å². The van der Waals surface area contributed by atoms with Crippen molar-refractivity contribution >= 4 is 16.7 Å². The van der Waals surface area contributed by atoms with Crippen LogP contribution in [0.1, 0.15) is 17.0 Å². The van der Waals surface area contributed by atoms with Crippen LogP contribution in [0.5, 0.6) is 5.75 Å². The molecule has 1 unspecified atom stereocenters. The SMILES string of the molecule is COc1ccccc1CN(C)C(=O)CS(=O)Cc1cc(C)on1. The molecule has 0 saturated carbocycles. The summed E-state index contributed by atoms with van der Waals surface area (Å²) in [6, 6.07) is 9.23. The number of carbonyl (C=O) groups is 1. The Morgan fingerprint density at radius 3 is 2.78 bits per heavy atom. The molecule has 2 aromatic rings. The van der Waals surface area contributed by atoms with Gasteiger partial charge in [0.05, 0.1) is 18.6 Å². The number of ether oxygens (including phenoxy) is 1. The van der Waals surface area contributed by atoms with E-state index in [1.807, 2.05) is 24.3 Å². The second-order valence-corrected chi connectivity index (χ2v) is 6.68. The van der Waals surface area contributed by atoms with E-state index in [9.17, 15) is 9.00 Å². The lowest BCUT2D eigenvalue weighted by atomic mass is 10.2. The van der Waals surface area contributed by atoms with Crippen molar-refractivity contribution < 1.29 is 18.3 Å². The van der Waals surface area contributed by atoms with E-state index in [1.54, 1.807) is 32.0 Å². The molecule has 1 aromatic carbocycles. The number of carbonyl (C=O) groups excluding carboxylic acids is 1. The van der Waals surface area contributed by atoms with Gasteiger partial charge in [-0.05, 0) is 13.0 Å². The van der Waals surface area contributed by atoms with Crippen LogP contribution < -0.4 is 4.74 Å². The lowest BCUT2D eigenvalue weighted by molar-refractivity contribution is -0.127. The molecular weight excluding hydrogens is 316 g/mol. The Bertz CT molecular complexity index is 699. The maximum Gasteiger partial charge on any atom is 0.235 e. The minimum atomic E-state index is -1.32. The van der Waals surface area contributed by atoms with Gasteiger partial charge in [0.15, 0.2) is 0 Å². The molecule has 1 heterocycles. The highest BCUT2D eigenvalue weighted by Gasteiger charge is 2.16. The van der Waals surface area contributed by atoms with Crippen LogP contribution in [0.25, 0.3) is 0 Å². The van der Waals surface area contributed by atoms with Crippen LogP contribution in [0.2, 0.25) is 0 Å². The first-order chi connectivity index (χ1) is 11.0. The molecule has 0 radical (unpaired) electrons. The van der Waals surface area contributed by atoms with E-state index < -0.39 is 10.8 Å². The van der Waals surface area contributed by atoms with E-state index in [0.717, 1.165) is 11.3 Å². The molecule has 1 aromatic heterocycles. The zero-order chi connectivity index (χ0) is 16.8. The fourth-order valence-corrected chi connectivity index (χ4v) is 3.19. The van der Waals surface area contributed by atoms with E-state index in [1.165, 1.54) is 0 Å². The normalized spacial score (nSPS) is 12.0. The van der Waals surface area contributed by atoms with Crippen molar-refractivity contribution in [2.75, 3.05) is 19.9 Å². The number of hydrogen-bond acceptors (Lipinski definition) is 5. The fourth-order valence-electron chi connectivity index (χ4n) is 2.13. The van der Waals surface area contributed by atoms with Crippen LogP contribution in [0.15, 0.2) is 34.9 Å². The summed E-state index contributed by atoms with van der Waals surface area (Å²) in [5, 5.41) is 3.79. The average molecular weight is 336 g/mol. The van der Waals surface area contributed by atoms with Gasteiger partial charge < -0.3 is 14.2 Å². The number of hydrogen-bond donors (Lipinski definition) is 0. The third-order valence-corrected chi connectivity index (χ3v) is 4.48. The van der Waals surface area contributed by atoms with Gasteiger partial charge in [-0.15, -0.1) is 0 Å². The van der Waals surface area contributed by atoms with E-state index in [2.05, 4.69) is 5.16 Å². The maximum atomic E-state index is 12.2. The number of rotatable bonds is 7. The van der Waals surface area contributed by atoms with E-state index in [-0.39, 0.29) is 17.4 Å². The number of para-hydroxylation sites is 1. The number of benzene rings is 1.